The van der Waals surface area contributed by atoms with E-state index in [0.29, 0.717) is 0 Å². The zero-order valence-corrected chi connectivity index (χ0v) is 25.9. The summed E-state index contributed by atoms with van der Waals surface area (Å²) >= 11 is 3.68. The third-order valence-electron chi connectivity index (χ3n) is 8.54. The number of hydrogen-bond acceptors (Lipinski definition) is 4. The number of nitrogens with zero attached hydrogens (tertiary/aromatic N) is 2. The zero-order chi connectivity index (χ0) is 29.7. The molecule has 3 heterocycles. The molecule has 0 fully saturated rings. The van der Waals surface area contributed by atoms with E-state index in [1.165, 1.54) is 51.5 Å². The van der Waals surface area contributed by atoms with Crippen molar-refractivity contribution in [3.8, 4) is 22.4 Å². The number of thiophene rings is 2. The summed E-state index contributed by atoms with van der Waals surface area (Å²) in [5.41, 5.74) is 7.93. The molecule has 9 aromatic rings. The predicted molar refractivity (Wildman–Crippen MR) is 196 cm³/mol. The highest BCUT2D eigenvalue weighted by molar-refractivity contribution is 7.26. The summed E-state index contributed by atoms with van der Waals surface area (Å²) in [5.74, 6) is 0. The molecule has 0 aliphatic heterocycles. The molecule has 6 aromatic carbocycles. The minimum Gasteiger partial charge on any atom is -0.310 e. The van der Waals surface area contributed by atoms with Gasteiger partial charge < -0.3 is 4.90 Å². The molecule has 0 N–H and O–H groups in total. The molecule has 45 heavy (non-hydrogen) atoms. The van der Waals surface area contributed by atoms with Gasteiger partial charge in [0.25, 0.3) is 0 Å². The van der Waals surface area contributed by atoms with Crippen LogP contribution in [-0.4, -0.2) is 4.98 Å². The Balaban J connectivity index is 1.17. The van der Waals surface area contributed by atoms with Crippen LogP contribution in [-0.2, 0) is 0 Å². The quantitative estimate of drug-likeness (QED) is 0.193. The summed E-state index contributed by atoms with van der Waals surface area (Å²) in [6.45, 7) is 0. The Bertz CT molecular complexity index is 2470. The molecule has 212 valence electrons. The molecule has 0 aliphatic rings. The highest BCUT2D eigenvalue weighted by Crippen LogP contribution is 2.43. The van der Waals surface area contributed by atoms with Crippen LogP contribution in [0.2, 0.25) is 0 Å². The average Bonchev–Trinajstić information content (AvgIpc) is 3.68. The van der Waals surface area contributed by atoms with E-state index in [4.69, 9.17) is 4.98 Å². The van der Waals surface area contributed by atoms with E-state index in [1.807, 2.05) is 28.9 Å². The third-order valence-corrected chi connectivity index (χ3v) is 10.8. The number of aromatic nitrogens is 1. The van der Waals surface area contributed by atoms with Crippen LogP contribution in [0.5, 0.6) is 0 Å². The predicted octanol–water partition coefficient (Wildman–Crippen LogP) is 12.6. The van der Waals surface area contributed by atoms with Gasteiger partial charge in [0.05, 0.1) is 5.69 Å². The van der Waals surface area contributed by atoms with Gasteiger partial charge in [0, 0.05) is 69.2 Å². The molecular formula is C41H26N2S2. The van der Waals surface area contributed by atoms with Crippen LogP contribution in [0.25, 0.3) is 62.7 Å². The molecule has 0 spiro atoms. The summed E-state index contributed by atoms with van der Waals surface area (Å²) in [4.78, 5) is 7.24. The number of pyridine rings is 1. The third kappa shape index (κ3) is 4.50. The van der Waals surface area contributed by atoms with Gasteiger partial charge in [-0.3, -0.25) is 4.98 Å². The molecule has 0 saturated carbocycles. The van der Waals surface area contributed by atoms with Gasteiger partial charge in [-0.2, -0.15) is 0 Å². The van der Waals surface area contributed by atoms with Crippen LogP contribution < -0.4 is 4.90 Å². The lowest BCUT2D eigenvalue weighted by Gasteiger charge is -2.26. The molecule has 0 bridgehead atoms. The molecule has 0 unspecified atom stereocenters. The smallest absolute Gasteiger partial charge is 0.0795 e. The minimum absolute atomic E-state index is 1.03. The van der Waals surface area contributed by atoms with Gasteiger partial charge >= 0.3 is 0 Å². The fraction of sp³-hybridized carbons (Fsp3) is 0. The molecular weight excluding hydrogens is 585 g/mol. The zero-order valence-electron chi connectivity index (χ0n) is 24.2. The highest BCUT2D eigenvalue weighted by atomic mass is 32.1. The SMILES string of the molecule is c1ccc(-c2ccc(N(c3ccc(-c4nccc5sc6ccccc6c45)cc3)c3ccc4c(c3)sc3ccccc34)cc2)cc1. The van der Waals surface area contributed by atoms with E-state index in [0.717, 1.165) is 28.3 Å². The van der Waals surface area contributed by atoms with E-state index >= 15 is 0 Å². The summed E-state index contributed by atoms with van der Waals surface area (Å²) < 4.78 is 5.16. The number of fused-ring (bicyclic) bond motifs is 6. The largest absolute Gasteiger partial charge is 0.310 e. The van der Waals surface area contributed by atoms with Gasteiger partial charge in [-0.15, -0.1) is 22.7 Å². The van der Waals surface area contributed by atoms with Crippen molar-refractivity contribution in [3.63, 3.8) is 0 Å². The maximum Gasteiger partial charge on any atom is 0.0795 e. The maximum atomic E-state index is 4.88. The minimum atomic E-state index is 1.03. The van der Waals surface area contributed by atoms with E-state index in [2.05, 4.69) is 157 Å². The fourth-order valence-electron chi connectivity index (χ4n) is 6.39. The van der Waals surface area contributed by atoms with Crippen molar-refractivity contribution >= 4 is 80.1 Å². The second kappa shape index (κ2) is 10.7. The molecule has 4 heteroatoms. The Morgan fingerprint density at radius 1 is 0.400 bits per heavy atom. The van der Waals surface area contributed by atoms with Gasteiger partial charge in [-0.1, -0.05) is 97.1 Å². The number of rotatable bonds is 5. The molecule has 9 rings (SSSR count). The first kappa shape index (κ1) is 26.1. The Morgan fingerprint density at radius 3 is 1.71 bits per heavy atom. The lowest BCUT2D eigenvalue weighted by molar-refractivity contribution is 1.29. The molecule has 0 radical (unpaired) electrons. The highest BCUT2D eigenvalue weighted by Gasteiger charge is 2.17. The Hall–Kier alpha value is -5.29. The summed E-state index contributed by atoms with van der Waals surface area (Å²) in [5, 5.41) is 5.11. The van der Waals surface area contributed by atoms with E-state index < -0.39 is 0 Å². The fourth-order valence-corrected chi connectivity index (χ4v) is 8.63. The normalized spacial score (nSPS) is 11.6. The Morgan fingerprint density at radius 2 is 0.956 bits per heavy atom. The van der Waals surface area contributed by atoms with Crippen molar-refractivity contribution in [1.29, 1.82) is 0 Å². The summed E-state index contributed by atoms with van der Waals surface area (Å²) in [6, 6.07) is 54.6. The first-order chi connectivity index (χ1) is 22.3. The van der Waals surface area contributed by atoms with Crippen LogP contribution >= 0.6 is 22.7 Å². The molecule has 0 saturated heterocycles. The molecule has 2 nitrogen and oxygen atoms in total. The van der Waals surface area contributed by atoms with E-state index in [-0.39, 0.29) is 0 Å². The van der Waals surface area contributed by atoms with Gasteiger partial charge in [-0.05, 0) is 65.7 Å². The van der Waals surface area contributed by atoms with Crippen LogP contribution in [0.4, 0.5) is 17.1 Å². The molecule has 0 aliphatic carbocycles. The monoisotopic (exact) mass is 610 g/mol. The Kier molecular flexibility index (Phi) is 6.22. The van der Waals surface area contributed by atoms with Gasteiger partial charge in [0.1, 0.15) is 0 Å². The summed E-state index contributed by atoms with van der Waals surface area (Å²) in [7, 11) is 0. The standard InChI is InChI=1S/C41H26N2S2/c1-2-8-27(9-3-1)28-14-18-30(19-15-28)43(32-22-23-34-33-10-4-6-12-36(33)45-39(34)26-32)31-20-16-29(17-21-31)41-40-35-11-5-7-13-37(35)44-38(40)24-25-42-41/h1-26H. The first-order valence-corrected chi connectivity index (χ1v) is 16.7. The van der Waals surface area contributed by atoms with Gasteiger partial charge in [0.15, 0.2) is 0 Å². The van der Waals surface area contributed by atoms with Crippen LogP contribution in [0.1, 0.15) is 0 Å². The first-order valence-electron chi connectivity index (χ1n) is 15.0. The van der Waals surface area contributed by atoms with Crippen molar-refractivity contribution in [2.75, 3.05) is 4.90 Å². The van der Waals surface area contributed by atoms with Gasteiger partial charge in [-0.25, -0.2) is 0 Å². The van der Waals surface area contributed by atoms with E-state index in [1.54, 1.807) is 0 Å². The van der Waals surface area contributed by atoms with Gasteiger partial charge in [0.2, 0.25) is 0 Å². The number of hydrogen-bond donors (Lipinski definition) is 0. The summed E-state index contributed by atoms with van der Waals surface area (Å²) in [6.07, 6.45) is 1.93. The molecule has 3 aromatic heterocycles. The second-order valence-electron chi connectivity index (χ2n) is 11.2. The lowest BCUT2D eigenvalue weighted by atomic mass is 10.0. The van der Waals surface area contributed by atoms with Crippen LogP contribution in [0, 0.1) is 0 Å². The van der Waals surface area contributed by atoms with Crippen molar-refractivity contribution in [1.82, 2.24) is 4.98 Å². The van der Waals surface area contributed by atoms with Crippen LogP contribution in [0.3, 0.4) is 0 Å². The van der Waals surface area contributed by atoms with Crippen LogP contribution in [0.15, 0.2) is 158 Å². The van der Waals surface area contributed by atoms with Crippen molar-refractivity contribution in [2.24, 2.45) is 0 Å². The average molecular weight is 611 g/mol. The topological polar surface area (TPSA) is 16.1 Å². The van der Waals surface area contributed by atoms with E-state index in [9.17, 15) is 0 Å². The maximum absolute atomic E-state index is 4.88. The lowest BCUT2D eigenvalue weighted by Crippen LogP contribution is -2.09. The van der Waals surface area contributed by atoms with Crippen molar-refractivity contribution in [2.45, 2.75) is 0 Å². The number of anilines is 3. The van der Waals surface area contributed by atoms with Crippen molar-refractivity contribution in [3.05, 3.63) is 158 Å². The Labute approximate surface area is 269 Å². The molecule has 0 amide bonds. The number of benzene rings is 6. The van der Waals surface area contributed by atoms with Crippen molar-refractivity contribution < 1.29 is 0 Å². The molecule has 0 atom stereocenters. The second-order valence-corrected chi connectivity index (χ2v) is 13.4.